The predicted molar refractivity (Wildman–Crippen MR) is 64.1 cm³/mol. The van der Waals surface area contributed by atoms with E-state index in [-0.39, 0.29) is 0 Å². The van der Waals surface area contributed by atoms with E-state index in [9.17, 15) is 0 Å². The minimum absolute atomic E-state index is 0.595. The molecule has 1 rings (SSSR count). The zero-order chi connectivity index (χ0) is 12.0. The molecule has 16 heavy (non-hydrogen) atoms. The molecule has 0 aromatic heterocycles. The van der Waals surface area contributed by atoms with Crippen LogP contribution in [0.1, 0.15) is 25.3 Å². The first-order valence-corrected chi connectivity index (χ1v) is 5.43. The van der Waals surface area contributed by atoms with Gasteiger partial charge in [-0.2, -0.15) is 5.26 Å². The molecule has 0 saturated carbocycles. The van der Waals surface area contributed by atoms with Gasteiger partial charge in [0.1, 0.15) is 11.3 Å². The highest BCUT2D eigenvalue weighted by atomic mass is 16.5. The van der Waals surface area contributed by atoms with Crippen LogP contribution in [-0.2, 0) is 0 Å². The van der Waals surface area contributed by atoms with Crippen molar-refractivity contribution in [1.29, 1.82) is 5.26 Å². The van der Waals surface area contributed by atoms with E-state index in [1.54, 1.807) is 6.92 Å². The summed E-state index contributed by atoms with van der Waals surface area (Å²) >= 11 is 0. The third kappa shape index (κ3) is 4.33. The number of ether oxygens (including phenoxy) is 1. The van der Waals surface area contributed by atoms with Crippen LogP contribution in [-0.4, -0.2) is 12.1 Å². The largest absolute Gasteiger partial charge is 0.494 e. The summed E-state index contributed by atoms with van der Waals surface area (Å²) in [5.41, 5.74) is 6.14. The highest BCUT2D eigenvalue weighted by molar-refractivity contribution is 5.27. The Morgan fingerprint density at radius 2 is 2.25 bits per heavy atom. The Hall–Kier alpha value is -1.53. The lowest BCUT2D eigenvalue weighted by molar-refractivity contribution is 0.296. The fraction of sp³-hybridized carbons (Fsp3) is 0.462. The van der Waals surface area contributed by atoms with Gasteiger partial charge in [-0.15, -0.1) is 0 Å². The number of hydrogen-bond donors (Lipinski definition) is 1. The van der Waals surface area contributed by atoms with Gasteiger partial charge in [-0.3, -0.25) is 0 Å². The van der Waals surface area contributed by atoms with E-state index in [4.69, 9.17) is 15.7 Å². The quantitative estimate of drug-likeness (QED) is 0.772. The first-order valence-electron chi connectivity index (χ1n) is 5.43. The summed E-state index contributed by atoms with van der Waals surface area (Å²) in [6, 6.07) is 9.99. The molecule has 86 valence electrons. The van der Waals surface area contributed by atoms with Crippen LogP contribution in [0.25, 0.3) is 0 Å². The van der Waals surface area contributed by atoms with Gasteiger partial charge in [-0.1, -0.05) is 12.1 Å². The molecule has 0 radical (unpaired) electrons. The van der Waals surface area contributed by atoms with Gasteiger partial charge < -0.3 is 10.5 Å². The van der Waals surface area contributed by atoms with Crippen LogP contribution < -0.4 is 10.5 Å². The summed E-state index contributed by atoms with van der Waals surface area (Å²) < 4.78 is 5.56. The smallest absolute Gasteiger partial charge is 0.119 e. The third-order valence-electron chi connectivity index (χ3n) is 2.35. The van der Waals surface area contributed by atoms with E-state index in [0.29, 0.717) is 13.0 Å². The molecule has 0 bridgehead atoms. The van der Waals surface area contributed by atoms with Crippen LogP contribution in [0, 0.1) is 18.3 Å². The summed E-state index contributed by atoms with van der Waals surface area (Å²) in [5, 5.41) is 8.73. The Morgan fingerprint density at radius 3 is 2.88 bits per heavy atom. The van der Waals surface area contributed by atoms with Crippen molar-refractivity contribution in [3.63, 3.8) is 0 Å². The van der Waals surface area contributed by atoms with Crippen LogP contribution in [0.15, 0.2) is 24.3 Å². The maximum Gasteiger partial charge on any atom is 0.119 e. The molecule has 0 aliphatic carbocycles. The Kier molecular flexibility index (Phi) is 4.33. The molecule has 0 fully saturated rings. The van der Waals surface area contributed by atoms with Crippen molar-refractivity contribution in [2.45, 2.75) is 32.2 Å². The van der Waals surface area contributed by atoms with Gasteiger partial charge in [-0.05, 0) is 44.4 Å². The zero-order valence-electron chi connectivity index (χ0n) is 9.86. The lowest BCUT2D eigenvalue weighted by Gasteiger charge is -2.14. The average Bonchev–Trinajstić information content (AvgIpc) is 2.25. The molecular formula is C13H18N2O. The molecule has 3 nitrogen and oxygen atoms in total. The van der Waals surface area contributed by atoms with Gasteiger partial charge in [0.05, 0.1) is 12.7 Å². The average molecular weight is 218 g/mol. The Morgan fingerprint density at radius 1 is 1.50 bits per heavy atom. The molecule has 1 atom stereocenters. The molecule has 1 aromatic rings. The zero-order valence-corrected chi connectivity index (χ0v) is 9.86. The SMILES string of the molecule is Cc1cccc(OCCCC(C)(N)C#N)c1. The minimum Gasteiger partial charge on any atom is -0.494 e. The third-order valence-corrected chi connectivity index (χ3v) is 2.35. The van der Waals surface area contributed by atoms with Crippen molar-refractivity contribution in [2.75, 3.05) is 6.61 Å². The Balaban J connectivity index is 2.29. The van der Waals surface area contributed by atoms with Crippen molar-refractivity contribution in [3.05, 3.63) is 29.8 Å². The number of nitriles is 1. The van der Waals surface area contributed by atoms with Crippen molar-refractivity contribution in [2.24, 2.45) is 5.73 Å². The first kappa shape index (κ1) is 12.5. The van der Waals surface area contributed by atoms with Crippen LogP contribution in [0.3, 0.4) is 0 Å². The van der Waals surface area contributed by atoms with Gasteiger partial charge >= 0.3 is 0 Å². The predicted octanol–water partition coefficient (Wildman–Crippen LogP) is 2.39. The summed E-state index contributed by atoms with van der Waals surface area (Å²) in [7, 11) is 0. The molecule has 1 aromatic carbocycles. The fourth-order valence-corrected chi connectivity index (χ4v) is 1.39. The Bertz CT molecular complexity index is 380. The Labute approximate surface area is 96.8 Å². The normalized spacial score (nSPS) is 13.9. The number of nitrogens with zero attached hydrogens (tertiary/aromatic N) is 1. The number of aryl methyl sites for hydroxylation is 1. The molecular weight excluding hydrogens is 200 g/mol. The van der Waals surface area contributed by atoms with Crippen molar-refractivity contribution < 1.29 is 4.74 Å². The lowest BCUT2D eigenvalue weighted by Crippen LogP contribution is -2.34. The van der Waals surface area contributed by atoms with Crippen LogP contribution in [0.5, 0.6) is 5.75 Å². The van der Waals surface area contributed by atoms with Gasteiger partial charge in [0.25, 0.3) is 0 Å². The second-order valence-electron chi connectivity index (χ2n) is 4.30. The van der Waals surface area contributed by atoms with Crippen LogP contribution in [0.2, 0.25) is 0 Å². The fourth-order valence-electron chi connectivity index (χ4n) is 1.39. The van der Waals surface area contributed by atoms with E-state index >= 15 is 0 Å². The summed E-state index contributed by atoms with van der Waals surface area (Å²) in [6.07, 6.45) is 1.43. The van der Waals surface area contributed by atoms with Gasteiger partial charge in [0.15, 0.2) is 0 Å². The second-order valence-corrected chi connectivity index (χ2v) is 4.30. The van der Waals surface area contributed by atoms with Gasteiger partial charge in [0, 0.05) is 0 Å². The summed E-state index contributed by atoms with van der Waals surface area (Å²) in [6.45, 7) is 4.36. The standard InChI is InChI=1S/C13H18N2O/c1-11-5-3-6-12(9-11)16-8-4-7-13(2,15)10-14/h3,5-6,9H,4,7-8,15H2,1-2H3. The monoisotopic (exact) mass is 218 g/mol. The molecule has 0 spiro atoms. The lowest BCUT2D eigenvalue weighted by atomic mass is 10.00. The molecule has 0 aliphatic heterocycles. The summed E-state index contributed by atoms with van der Waals surface area (Å²) in [5.74, 6) is 0.871. The maximum absolute atomic E-state index is 8.73. The molecule has 1 unspecified atom stereocenters. The molecule has 0 aliphatic rings. The second kappa shape index (κ2) is 5.53. The van der Waals surface area contributed by atoms with Crippen molar-refractivity contribution in [1.82, 2.24) is 0 Å². The van der Waals surface area contributed by atoms with E-state index < -0.39 is 5.54 Å². The van der Waals surface area contributed by atoms with E-state index in [1.807, 2.05) is 31.2 Å². The highest BCUT2D eigenvalue weighted by Gasteiger charge is 2.15. The highest BCUT2D eigenvalue weighted by Crippen LogP contribution is 2.14. The number of nitrogens with two attached hydrogens (primary N) is 1. The van der Waals surface area contributed by atoms with Gasteiger partial charge in [-0.25, -0.2) is 0 Å². The van der Waals surface area contributed by atoms with Crippen molar-refractivity contribution >= 4 is 0 Å². The van der Waals surface area contributed by atoms with Crippen molar-refractivity contribution in [3.8, 4) is 11.8 Å². The topological polar surface area (TPSA) is 59.0 Å². The van der Waals surface area contributed by atoms with Crippen LogP contribution in [0.4, 0.5) is 0 Å². The van der Waals surface area contributed by atoms with E-state index in [2.05, 4.69) is 6.07 Å². The molecule has 0 heterocycles. The summed E-state index contributed by atoms with van der Waals surface area (Å²) in [4.78, 5) is 0. The molecule has 3 heteroatoms. The molecule has 2 N–H and O–H groups in total. The van der Waals surface area contributed by atoms with Gasteiger partial charge in [0.2, 0.25) is 0 Å². The van der Waals surface area contributed by atoms with E-state index in [0.717, 1.165) is 12.2 Å². The minimum atomic E-state index is -0.740. The molecule has 0 saturated heterocycles. The van der Waals surface area contributed by atoms with Crippen LogP contribution >= 0.6 is 0 Å². The molecule has 0 amide bonds. The maximum atomic E-state index is 8.73. The number of benzene rings is 1. The first-order chi connectivity index (χ1) is 7.53. The number of hydrogen-bond acceptors (Lipinski definition) is 3. The number of rotatable bonds is 5. The van der Waals surface area contributed by atoms with E-state index in [1.165, 1.54) is 5.56 Å².